The molecule has 5 aromatic rings. The molecule has 4 N–H and O–H groups in total. The van der Waals surface area contributed by atoms with E-state index in [1.165, 1.54) is 10.5 Å². The van der Waals surface area contributed by atoms with Gasteiger partial charge in [-0.3, -0.25) is 29.4 Å². The maximum absolute atomic E-state index is 14.3. The molecule has 2 aromatic carbocycles. The molecule has 4 amide bonds. The first-order valence-corrected chi connectivity index (χ1v) is 21.5. The van der Waals surface area contributed by atoms with E-state index in [1.54, 1.807) is 16.9 Å². The van der Waals surface area contributed by atoms with Crippen LogP contribution in [0, 0.1) is 22.9 Å². The standard InChI is InChI=1S/C41H44F3N11O5.C2HF3O2/c1-52-29-21-24(4-5-25(29)34(50-52)55-16-7-30(56)48-39(55)59)3-2-15-53-17-19-54(20-18-53)38-45-14-6-28(47-38)36-49-37(51-60-36)41-11-8-40(9-12-41,10-13-41)23-46-35(58)26-22-27(42)33(57)32(44)31(26)43;3-2(4,5)1(6)7/h4-6,14,21-22,57H,2-3,7-13,15-20,23H2,1H3,(H,46,58)(H,48,56,59);(H,6,7). The van der Waals surface area contributed by atoms with Crippen molar-refractivity contribution in [2.45, 2.75) is 69.4 Å². The summed E-state index contributed by atoms with van der Waals surface area (Å²) in [5, 5.41) is 31.3. The van der Waals surface area contributed by atoms with E-state index >= 15 is 0 Å². The number of anilines is 2. The molecule has 67 heavy (non-hydrogen) atoms. The maximum atomic E-state index is 14.3. The normalized spacial score (nSPS) is 21.0. The van der Waals surface area contributed by atoms with E-state index in [4.69, 9.17) is 24.4 Å². The quantitative estimate of drug-likeness (QED) is 0.0963. The maximum Gasteiger partial charge on any atom is 0.490 e. The highest BCUT2D eigenvalue weighted by molar-refractivity contribution is 6.08. The molecule has 3 aromatic heterocycles. The number of aromatic hydroxyl groups is 1. The van der Waals surface area contributed by atoms with E-state index in [1.807, 2.05) is 13.1 Å². The number of hydrogen-bond acceptors (Lipinski definition) is 13. The topological polar surface area (TPSA) is 225 Å². The number of carbonyl (C=O) groups is 4. The minimum absolute atomic E-state index is 0.223. The van der Waals surface area contributed by atoms with E-state index in [0.717, 1.165) is 95.0 Å². The molecule has 18 nitrogen and oxygen atoms in total. The molecule has 3 saturated carbocycles. The van der Waals surface area contributed by atoms with Crippen molar-refractivity contribution in [3.8, 4) is 17.3 Å². The van der Waals surface area contributed by atoms with E-state index < -0.39 is 52.8 Å². The largest absolute Gasteiger partial charge is 0.503 e. The van der Waals surface area contributed by atoms with Gasteiger partial charge in [0.25, 0.3) is 11.8 Å². The van der Waals surface area contributed by atoms with Gasteiger partial charge in [-0.25, -0.2) is 28.3 Å². The van der Waals surface area contributed by atoms with Gasteiger partial charge in [0.1, 0.15) is 5.69 Å². The predicted octanol–water partition coefficient (Wildman–Crippen LogP) is 5.39. The molecule has 5 aliphatic rings. The zero-order valence-electron chi connectivity index (χ0n) is 36.0. The van der Waals surface area contributed by atoms with Gasteiger partial charge in [-0.05, 0) is 93.2 Å². The highest BCUT2D eigenvalue weighted by atomic mass is 19.4. The van der Waals surface area contributed by atoms with E-state index in [2.05, 4.69) is 47.8 Å². The summed E-state index contributed by atoms with van der Waals surface area (Å²) in [6.07, 6.45) is 3.23. The Bertz CT molecular complexity index is 2700. The van der Waals surface area contributed by atoms with Crippen LogP contribution < -0.4 is 20.4 Å². The third-order valence-corrected chi connectivity index (χ3v) is 13.2. The van der Waals surface area contributed by atoms with Crippen LogP contribution in [0.25, 0.3) is 22.5 Å². The fourth-order valence-electron chi connectivity index (χ4n) is 9.22. The summed E-state index contributed by atoms with van der Waals surface area (Å²) in [6, 6.07) is 8.02. The Labute approximate surface area is 377 Å². The lowest BCUT2D eigenvalue weighted by molar-refractivity contribution is -0.192. The van der Waals surface area contributed by atoms with Crippen molar-refractivity contribution in [3.63, 3.8) is 0 Å². The number of aliphatic carboxylic acids is 1. The number of nitrogens with zero attached hydrogens (tertiary/aromatic N) is 9. The van der Waals surface area contributed by atoms with Crippen molar-refractivity contribution in [2.24, 2.45) is 12.5 Å². The summed E-state index contributed by atoms with van der Waals surface area (Å²) >= 11 is 0. The van der Waals surface area contributed by atoms with Gasteiger partial charge in [0, 0.05) is 69.7 Å². The molecule has 0 spiro atoms. The summed E-state index contributed by atoms with van der Waals surface area (Å²) in [4.78, 5) is 65.9. The number of carbonyl (C=O) groups excluding carboxylic acids is 3. The van der Waals surface area contributed by atoms with Gasteiger partial charge < -0.3 is 25.0 Å². The molecule has 0 atom stereocenters. The number of urea groups is 1. The SMILES string of the molecule is Cn1nc(N2CCC(=O)NC2=O)c2ccc(CCCN3CCN(c4nccc(-c5nc(C67CCC(CNC(=O)c8cc(F)c(O)c(F)c8F)(CC6)CC7)no5)n4)CC3)cc21.O=C(O)C(F)(F)F. The number of carboxylic acid groups (broad SMARTS) is 1. The molecule has 0 radical (unpaired) electrons. The number of aryl methyl sites for hydroxylation is 2. The molecule has 24 heteroatoms. The number of alkyl halides is 3. The Morgan fingerprint density at radius 3 is 2.31 bits per heavy atom. The molecular formula is C43H45F6N11O7. The fourth-order valence-corrected chi connectivity index (χ4v) is 9.22. The van der Waals surface area contributed by atoms with Crippen molar-refractivity contribution in [2.75, 3.05) is 55.6 Å². The van der Waals surface area contributed by atoms with Crippen LogP contribution in [0.15, 0.2) is 41.1 Å². The number of halogens is 6. The van der Waals surface area contributed by atoms with Gasteiger partial charge in [-0.15, -0.1) is 0 Å². The van der Waals surface area contributed by atoms with Crippen molar-refractivity contribution >= 4 is 46.5 Å². The molecule has 356 valence electrons. The van der Waals surface area contributed by atoms with Gasteiger partial charge in [0.15, 0.2) is 29.0 Å². The molecule has 5 heterocycles. The van der Waals surface area contributed by atoms with Gasteiger partial charge >= 0.3 is 18.2 Å². The number of phenolic OH excluding ortho intramolecular Hbond substituents is 1. The van der Waals surface area contributed by atoms with E-state index in [-0.39, 0.29) is 29.7 Å². The van der Waals surface area contributed by atoms with Gasteiger partial charge in [0.2, 0.25) is 17.7 Å². The zero-order valence-corrected chi connectivity index (χ0v) is 36.0. The third kappa shape index (κ3) is 9.70. The Morgan fingerprint density at radius 1 is 0.940 bits per heavy atom. The summed E-state index contributed by atoms with van der Waals surface area (Å²) in [5.74, 6) is -8.12. The Morgan fingerprint density at radius 2 is 1.64 bits per heavy atom. The second-order valence-electron chi connectivity index (χ2n) is 17.3. The summed E-state index contributed by atoms with van der Waals surface area (Å²) in [7, 11) is 1.86. The minimum Gasteiger partial charge on any atom is -0.503 e. The number of phenols is 1. The first-order valence-electron chi connectivity index (χ1n) is 21.5. The van der Waals surface area contributed by atoms with Gasteiger partial charge in [-0.2, -0.15) is 27.6 Å². The molecule has 5 fully saturated rings. The number of imide groups is 1. The summed E-state index contributed by atoms with van der Waals surface area (Å²) < 4.78 is 81.3. The van der Waals surface area contributed by atoms with Crippen LogP contribution in [0.4, 0.5) is 42.9 Å². The lowest BCUT2D eigenvalue weighted by Gasteiger charge is -2.52. The van der Waals surface area contributed by atoms with Crippen molar-refractivity contribution in [3.05, 3.63) is 70.9 Å². The number of aromatic nitrogens is 6. The monoisotopic (exact) mass is 941 g/mol. The number of hydrogen-bond donors (Lipinski definition) is 4. The average Bonchev–Trinajstić information content (AvgIpc) is 3.95. The van der Waals surface area contributed by atoms with E-state index in [9.17, 15) is 45.8 Å². The second kappa shape index (κ2) is 18.4. The Kier molecular flexibility index (Phi) is 12.8. The van der Waals surface area contributed by atoms with Crippen LogP contribution in [0.2, 0.25) is 0 Å². The summed E-state index contributed by atoms with van der Waals surface area (Å²) in [5.41, 5.74) is 1.34. The fraction of sp³-hybridized carbons (Fsp3) is 0.465. The number of nitrogens with one attached hydrogen (secondary N) is 2. The second-order valence-corrected chi connectivity index (χ2v) is 17.3. The van der Waals surface area contributed by atoms with Crippen LogP contribution in [0.3, 0.4) is 0 Å². The van der Waals surface area contributed by atoms with Crippen LogP contribution in [-0.4, -0.2) is 121 Å². The van der Waals surface area contributed by atoms with Crippen molar-refractivity contribution in [1.82, 2.24) is 45.4 Å². The Hall–Kier alpha value is -6.85. The highest BCUT2D eigenvalue weighted by Gasteiger charge is 2.52. The van der Waals surface area contributed by atoms with Crippen molar-refractivity contribution < 1.29 is 60.3 Å². The lowest BCUT2D eigenvalue weighted by Crippen LogP contribution is -2.49. The number of piperazine rings is 1. The third-order valence-electron chi connectivity index (χ3n) is 13.2. The van der Waals surface area contributed by atoms with Crippen LogP contribution in [0.5, 0.6) is 5.75 Å². The molecule has 3 aliphatic carbocycles. The number of rotatable bonds is 11. The van der Waals surface area contributed by atoms with Crippen molar-refractivity contribution in [1.29, 1.82) is 0 Å². The number of carboxylic acids is 1. The molecule has 2 saturated heterocycles. The molecule has 0 unspecified atom stereocenters. The number of amides is 4. The zero-order chi connectivity index (χ0) is 47.8. The summed E-state index contributed by atoms with van der Waals surface area (Å²) in [6.45, 7) is 4.72. The predicted molar refractivity (Wildman–Crippen MR) is 224 cm³/mol. The van der Waals surface area contributed by atoms with Crippen LogP contribution in [0.1, 0.15) is 73.1 Å². The van der Waals surface area contributed by atoms with Crippen LogP contribution >= 0.6 is 0 Å². The van der Waals surface area contributed by atoms with Crippen LogP contribution in [-0.2, 0) is 28.5 Å². The minimum atomic E-state index is -5.08. The number of fused-ring (bicyclic) bond motifs is 4. The average molecular weight is 942 g/mol. The van der Waals surface area contributed by atoms with Gasteiger partial charge in [0.05, 0.1) is 11.1 Å². The molecular weight excluding hydrogens is 897 g/mol. The number of benzene rings is 2. The first kappa shape index (κ1) is 46.7. The smallest absolute Gasteiger partial charge is 0.490 e. The first-order chi connectivity index (χ1) is 31.8. The molecule has 2 bridgehead atoms. The Balaban J connectivity index is 0.000000807. The van der Waals surface area contributed by atoms with E-state index in [0.29, 0.717) is 41.8 Å². The highest BCUT2D eigenvalue weighted by Crippen LogP contribution is 2.57. The molecule has 10 rings (SSSR count). The van der Waals surface area contributed by atoms with Gasteiger partial charge in [-0.1, -0.05) is 11.2 Å². The lowest BCUT2D eigenvalue weighted by atomic mass is 9.53. The molecule has 2 aliphatic heterocycles.